The Hall–Kier alpha value is -3.15. The summed E-state index contributed by atoms with van der Waals surface area (Å²) in [7, 11) is 0. The van der Waals surface area contributed by atoms with Crippen LogP contribution in [0.25, 0.3) is 11.0 Å². The number of ether oxygens (including phenoxy) is 1. The van der Waals surface area contributed by atoms with Gasteiger partial charge in [0.25, 0.3) is 5.91 Å². The van der Waals surface area contributed by atoms with E-state index >= 15 is 0 Å². The highest BCUT2D eigenvalue weighted by Gasteiger charge is 2.17. The van der Waals surface area contributed by atoms with Gasteiger partial charge >= 0.3 is 5.97 Å². The third-order valence-corrected chi connectivity index (χ3v) is 4.26. The zero-order valence-electron chi connectivity index (χ0n) is 15.2. The molecule has 1 heterocycles. The van der Waals surface area contributed by atoms with Crippen molar-refractivity contribution in [3.05, 3.63) is 65.7 Å². The van der Waals surface area contributed by atoms with Gasteiger partial charge in [-0.15, -0.1) is 0 Å². The monoisotopic (exact) mass is 369 g/mol. The number of aryl methyl sites for hydroxylation is 1. The Morgan fingerprint density at radius 1 is 1.15 bits per heavy atom. The third-order valence-electron chi connectivity index (χ3n) is 4.26. The first kappa shape index (κ1) is 18.6. The standard InChI is InChI=1S/C21H20FNO4/c1-3-23(17-7-5-16(22)6-8-17)20(24)13-27-21(25)11-15-12-26-19-10-14(2)4-9-18(15)19/h4-10,12H,3,11,13H2,1-2H3. The van der Waals surface area contributed by atoms with Crippen LogP contribution in [0.15, 0.2) is 53.1 Å². The lowest BCUT2D eigenvalue weighted by Crippen LogP contribution is -2.34. The quantitative estimate of drug-likeness (QED) is 0.616. The average molecular weight is 369 g/mol. The summed E-state index contributed by atoms with van der Waals surface area (Å²) in [4.78, 5) is 25.9. The van der Waals surface area contributed by atoms with Crippen molar-refractivity contribution < 1.29 is 23.1 Å². The second kappa shape index (κ2) is 8.03. The number of hydrogen-bond donors (Lipinski definition) is 0. The second-order valence-corrected chi connectivity index (χ2v) is 6.21. The van der Waals surface area contributed by atoms with Crippen LogP contribution in [0.3, 0.4) is 0 Å². The fourth-order valence-electron chi connectivity index (χ4n) is 2.88. The van der Waals surface area contributed by atoms with Crippen LogP contribution in [0.2, 0.25) is 0 Å². The van der Waals surface area contributed by atoms with E-state index < -0.39 is 5.97 Å². The molecule has 0 N–H and O–H groups in total. The van der Waals surface area contributed by atoms with Gasteiger partial charge in [-0.25, -0.2) is 4.39 Å². The number of benzene rings is 2. The Labute approximate surface area is 156 Å². The van der Waals surface area contributed by atoms with Gasteiger partial charge in [0, 0.05) is 23.2 Å². The zero-order valence-corrected chi connectivity index (χ0v) is 15.2. The van der Waals surface area contributed by atoms with E-state index in [1.54, 1.807) is 6.92 Å². The van der Waals surface area contributed by atoms with Crippen molar-refractivity contribution in [2.75, 3.05) is 18.1 Å². The molecule has 0 saturated heterocycles. The molecule has 3 rings (SSSR count). The van der Waals surface area contributed by atoms with Gasteiger partial charge in [0.1, 0.15) is 11.4 Å². The van der Waals surface area contributed by atoms with Crippen molar-refractivity contribution in [3.63, 3.8) is 0 Å². The summed E-state index contributed by atoms with van der Waals surface area (Å²) in [6, 6.07) is 11.3. The normalized spacial score (nSPS) is 10.8. The predicted octanol–water partition coefficient (Wildman–Crippen LogP) is 4.02. The molecule has 6 heteroatoms. The van der Waals surface area contributed by atoms with Gasteiger partial charge in [0.15, 0.2) is 6.61 Å². The molecule has 3 aromatic rings. The molecule has 0 fully saturated rings. The van der Waals surface area contributed by atoms with Gasteiger partial charge < -0.3 is 14.1 Å². The molecule has 1 amide bonds. The van der Waals surface area contributed by atoms with Crippen LogP contribution in [0.5, 0.6) is 0 Å². The van der Waals surface area contributed by atoms with Gasteiger partial charge in [0.05, 0.1) is 12.7 Å². The molecule has 27 heavy (non-hydrogen) atoms. The first-order valence-electron chi connectivity index (χ1n) is 8.66. The molecule has 0 atom stereocenters. The fraction of sp³-hybridized carbons (Fsp3) is 0.238. The van der Waals surface area contributed by atoms with Crippen molar-refractivity contribution in [1.29, 1.82) is 0 Å². The summed E-state index contributed by atoms with van der Waals surface area (Å²) < 4.78 is 23.6. The first-order chi connectivity index (χ1) is 13.0. The van der Waals surface area contributed by atoms with Crippen LogP contribution < -0.4 is 4.90 Å². The van der Waals surface area contributed by atoms with Crippen molar-refractivity contribution in [1.82, 2.24) is 0 Å². The Balaban J connectivity index is 1.60. The van der Waals surface area contributed by atoms with Gasteiger partial charge in [-0.05, 0) is 49.7 Å². The summed E-state index contributed by atoms with van der Waals surface area (Å²) in [5, 5.41) is 0.852. The molecular weight excluding hydrogens is 349 g/mol. The number of rotatable bonds is 6. The lowest BCUT2D eigenvalue weighted by molar-refractivity contribution is -0.147. The molecular formula is C21H20FNO4. The van der Waals surface area contributed by atoms with Crippen LogP contribution >= 0.6 is 0 Å². The van der Waals surface area contributed by atoms with Crippen LogP contribution in [-0.4, -0.2) is 25.0 Å². The van der Waals surface area contributed by atoms with E-state index in [9.17, 15) is 14.0 Å². The number of carbonyl (C=O) groups excluding carboxylic acids is 2. The van der Waals surface area contributed by atoms with Crippen LogP contribution in [0, 0.1) is 12.7 Å². The van der Waals surface area contributed by atoms with Crippen molar-refractivity contribution in [2.24, 2.45) is 0 Å². The van der Waals surface area contributed by atoms with Crippen molar-refractivity contribution >= 4 is 28.5 Å². The summed E-state index contributed by atoms with van der Waals surface area (Å²) >= 11 is 0. The van der Waals surface area contributed by atoms with E-state index in [1.165, 1.54) is 35.4 Å². The number of anilines is 1. The Kier molecular flexibility index (Phi) is 5.54. The largest absolute Gasteiger partial charge is 0.464 e. The minimum absolute atomic E-state index is 0.0199. The lowest BCUT2D eigenvalue weighted by atomic mass is 10.1. The smallest absolute Gasteiger partial charge is 0.310 e. The second-order valence-electron chi connectivity index (χ2n) is 6.21. The highest BCUT2D eigenvalue weighted by atomic mass is 19.1. The Bertz CT molecular complexity index is 962. The van der Waals surface area contributed by atoms with Crippen LogP contribution in [-0.2, 0) is 20.7 Å². The summed E-state index contributed by atoms with van der Waals surface area (Å²) in [6.45, 7) is 3.76. The molecule has 0 unspecified atom stereocenters. The molecule has 2 aromatic carbocycles. The van der Waals surface area contributed by atoms with Crippen molar-refractivity contribution in [3.8, 4) is 0 Å². The number of likely N-dealkylation sites (N-methyl/N-ethyl adjacent to an activating group) is 1. The molecule has 0 saturated carbocycles. The summed E-state index contributed by atoms with van der Waals surface area (Å²) in [6.07, 6.45) is 1.55. The molecule has 0 aliphatic carbocycles. The molecule has 0 aliphatic heterocycles. The highest BCUT2D eigenvalue weighted by molar-refractivity contribution is 5.95. The summed E-state index contributed by atoms with van der Waals surface area (Å²) in [5.41, 5.74) is 3.05. The van der Waals surface area contributed by atoms with E-state index in [2.05, 4.69) is 0 Å². The molecule has 0 radical (unpaired) electrons. The number of esters is 1. The minimum atomic E-state index is -0.512. The third kappa shape index (κ3) is 4.34. The predicted molar refractivity (Wildman–Crippen MR) is 100 cm³/mol. The number of hydrogen-bond acceptors (Lipinski definition) is 4. The number of furan rings is 1. The molecule has 140 valence electrons. The van der Waals surface area contributed by atoms with Crippen LogP contribution in [0.4, 0.5) is 10.1 Å². The van der Waals surface area contributed by atoms with Crippen LogP contribution in [0.1, 0.15) is 18.1 Å². The maximum absolute atomic E-state index is 13.0. The number of amides is 1. The number of nitrogens with zero attached hydrogens (tertiary/aromatic N) is 1. The first-order valence-corrected chi connectivity index (χ1v) is 8.66. The van der Waals surface area contributed by atoms with E-state index in [4.69, 9.17) is 9.15 Å². The SMILES string of the molecule is CCN(C(=O)COC(=O)Cc1coc2cc(C)ccc12)c1ccc(F)cc1. The molecule has 1 aromatic heterocycles. The molecule has 5 nitrogen and oxygen atoms in total. The molecule has 0 aliphatic rings. The maximum Gasteiger partial charge on any atom is 0.310 e. The lowest BCUT2D eigenvalue weighted by Gasteiger charge is -2.20. The van der Waals surface area contributed by atoms with Gasteiger partial charge in [-0.1, -0.05) is 12.1 Å². The molecule has 0 bridgehead atoms. The fourth-order valence-corrected chi connectivity index (χ4v) is 2.88. The maximum atomic E-state index is 13.0. The number of carbonyl (C=O) groups is 2. The zero-order chi connectivity index (χ0) is 19.4. The van der Waals surface area contributed by atoms with Gasteiger partial charge in [-0.3, -0.25) is 9.59 Å². The van der Waals surface area contributed by atoms with E-state index in [0.717, 1.165) is 10.9 Å². The summed E-state index contributed by atoms with van der Waals surface area (Å²) in [5.74, 6) is -1.26. The van der Waals surface area contributed by atoms with E-state index in [-0.39, 0.29) is 24.8 Å². The topological polar surface area (TPSA) is 59.8 Å². The number of fused-ring (bicyclic) bond motifs is 1. The highest BCUT2D eigenvalue weighted by Crippen LogP contribution is 2.23. The average Bonchev–Trinajstić information content (AvgIpc) is 3.04. The van der Waals surface area contributed by atoms with Gasteiger partial charge in [0.2, 0.25) is 0 Å². The van der Waals surface area contributed by atoms with E-state index in [0.29, 0.717) is 23.4 Å². The Morgan fingerprint density at radius 2 is 1.89 bits per heavy atom. The molecule has 0 spiro atoms. The van der Waals surface area contributed by atoms with E-state index in [1.807, 2.05) is 25.1 Å². The minimum Gasteiger partial charge on any atom is -0.464 e. The van der Waals surface area contributed by atoms with Gasteiger partial charge in [-0.2, -0.15) is 0 Å². The number of halogens is 1. The van der Waals surface area contributed by atoms with Crippen molar-refractivity contribution in [2.45, 2.75) is 20.3 Å². The Morgan fingerprint density at radius 3 is 2.59 bits per heavy atom.